The predicted octanol–water partition coefficient (Wildman–Crippen LogP) is 1.08. The van der Waals surface area contributed by atoms with Crippen LogP contribution in [0.25, 0.3) is 0 Å². The molecule has 7 heteroatoms. The first-order valence-electron chi connectivity index (χ1n) is 8.24. The lowest BCUT2D eigenvalue weighted by Gasteiger charge is -2.29. The zero-order valence-corrected chi connectivity index (χ0v) is 14.1. The summed E-state index contributed by atoms with van der Waals surface area (Å²) < 4.78 is 5.34. The van der Waals surface area contributed by atoms with Gasteiger partial charge in [-0.1, -0.05) is 0 Å². The fourth-order valence-corrected chi connectivity index (χ4v) is 3.12. The van der Waals surface area contributed by atoms with E-state index >= 15 is 0 Å². The number of carbonyl (C=O) groups excluding carboxylic acids is 2. The zero-order valence-electron chi connectivity index (χ0n) is 14.1. The molecule has 1 aromatic carbocycles. The summed E-state index contributed by atoms with van der Waals surface area (Å²) in [6.07, 6.45) is 2.19. The number of nitrogens with zero attached hydrogens (tertiary/aromatic N) is 1. The topological polar surface area (TPSA) is 96.7 Å². The van der Waals surface area contributed by atoms with Crippen molar-refractivity contribution in [2.75, 3.05) is 31.6 Å². The Balaban J connectivity index is 1.85. The van der Waals surface area contributed by atoms with Crippen LogP contribution >= 0.6 is 0 Å². The van der Waals surface area contributed by atoms with Crippen LogP contribution in [-0.2, 0) is 0 Å². The Morgan fingerprint density at radius 2 is 2.25 bits per heavy atom. The number of amides is 3. The second-order valence-corrected chi connectivity index (χ2v) is 6.62. The molecule has 24 heavy (non-hydrogen) atoms. The molecule has 1 aliphatic carbocycles. The summed E-state index contributed by atoms with van der Waals surface area (Å²) in [5.74, 6) is 0.819. The third-order valence-corrected chi connectivity index (χ3v) is 4.89. The largest absolute Gasteiger partial charge is 0.495 e. The molecule has 0 radical (unpaired) electrons. The smallest absolute Gasteiger partial charge is 0.322 e. The van der Waals surface area contributed by atoms with E-state index in [1.54, 1.807) is 30.2 Å². The average molecular weight is 332 g/mol. The molecule has 7 nitrogen and oxygen atoms in total. The van der Waals surface area contributed by atoms with E-state index < -0.39 is 0 Å². The second kappa shape index (κ2) is 6.32. The number of rotatable bonds is 6. The van der Waals surface area contributed by atoms with Gasteiger partial charge in [-0.05, 0) is 43.9 Å². The molecule has 0 aromatic heterocycles. The number of hydrogen-bond donors (Lipinski definition) is 3. The number of carbonyl (C=O) groups is 2. The van der Waals surface area contributed by atoms with Gasteiger partial charge in [0, 0.05) is 25.2 Å². The SMILES string of the molecule is COc1ccc(C(=O)NC(C)(CN)C2CC2)cc1N1CCNC1=O. The Hall–Kier alpha value is -2.28. The van der Waals surface area contributed by atoms with E-state index in [9.17, 15) is 9.59 Å². The first kappa shape index (κ1) is 16.6. The van der Waals surface area contributed by atoms with Gasteiger partial charge >= 0.3 is 6.03 Å². The minimum atomic E-state index is -0.387. The number of nitrogens with one attached hydrogen (secondary N) is 2. The molecule has 3 amide bonds. The van der Waals surface area contributed by atoms with Crippen LogP contribution in [-0.4, -0.2) is 44.2 Å². The van der Waals surface area contributed by atoms with Gasteiger partial charge in [0.1, 0.15) is 5.75 Å². The van der Waals surface area contributed by atoms with Gasteiger partial charge in [-0.3, -0.25) is 9.69 Å². The molecular weight excluding hydrogens is 308 g/mol. The highest BCUT2D eigenvalue weighted by Gasteiger charge is 2.41. The lowest BCUT2D eigenvalue weighted by molar-refractivity contribution is 0.0897. The fraction of sp³-hybridized carbons (Fsp3) is 0.529. The van der Waals surface area contributed by atoms with Crippen molar-refractivity contribution >= 4 is 17.6 Å². The standard InChI is InChI=1S/C17H24N4O3/c1-17(10-18,12-4-5-12)20-15(22)11-3-6-14(24-2)13(9-11)21-8-7-19-16(21)23/h3,6,9,12H,4-5,7-8,10,18H2,1-2H3,(H,19,23)(H,20,22). The minimum Gasteiger partial charge on any atom is -0.495 e. The molecular formula is C17H24N4O3. The summed E-state index contributed by atoms with van der Waals surface area (Å²) in [6, 6.07) is 4.93. The van der Waals surface area contributed by atoms with Crippen molar-refractivity contribution in [3.8, 4) is 5.75 Å². The predicted molar refractivity (Wildman–Crippen MR) is 91.4 cm³/mol. The molecule has 1 saturated heterocycles. The maximum absolute atomic E-state index is 12.7. The van der Waals surface area contributed by atoms with Crippen LogP contribution in [0.4, 0.5) is 10.5 Å². The molecule has 1 saturated carbocycles. The molecule has 1 unspecified atom stereocenters. The van der Waals surface area contributed by atoms with Crippen LogP contribution in [0, 0.1) is 5.92 Å². The molecule has 2 aliphatic rings. The average Bonchev–Trinajstić information content (AvgIpc) is 3.36. The first-order valence-corrected chi connectivity index (χ1v) is 8.24. The van der Waals surface area contributed by atoms with Gasteiger partial charge in [-0.25, -0.2) is 4.79 Å². The van der Waals surface area contributed by atoms with Crippen molar-refractivity contribution < 1.29 is 14.3 Å². The van der Waals surface area contributed by atoms with Crippen molar-refractivity contribution in [1.82, 2.24) is 10.6 Å². The normalized spacial score (nSPS) is 19.6. The van der Waals surface area contributed by atoms with Crippen molar-refractivity contribution in [3.63, 3.8) is 0 Å². The quantitative estimate of drug-likeness (QED) is 0.726. The fourth-order valence-electron chi connectivity index (χ4n) is 3.12. The Kier molecular flexibility index (Phi) is 4.36. The van der Waals surface area contributed by atoms with Gasteiger partial charge < -0.3 is 21.1 Å². The lowest BCUT2D eigenvalue weighted by atomic mass is 9.95. The molecule has 130 valence electrons. The summed E-state index contributed by atoms with van der Waals surface area (Å²) in [6.45, 7) is 3.51. The molecule has 0 bridgehead atoms. The molecule has 3 rings (SSSR count). The number of ether oxygens (including phenoxy) is 1. The van der Waals surface area contributed by atoms with E-state index in [-0.39, 0.29) is 17.5 Å². The van der Waals surface area contributed by atoms with Crippen LogP contribution < -0.4 is 26.0 Å². The Morgan fingerprint density at radius 3 is 2.79 bits per heavy atom. The molecule has 0 spiro atoms. The number of methoxy groups -OCH3 is 1. The number of nitrogens with two attached hydrogens (primary N) is 1. The van der Waals surface area contributed by atoms with Crippen molar-refractivity contribution in [1.29, 1.82) is 0 Å². The lowest BCUT2D eigenvalue weighted by Crippen LogP contribution is -2.53. The van der Waals surface area contributed by atoms with Crippen molar-refractivity contribution in [3.05, 3.63) is 23.8 Å². The Bertz CT molecular complexity index is 659. The zero-order chi connectivity index (χ0) is 17.3. The highest BCUT2D eigenvalue weighted by Crippen LogP contribution is 2.39. The van der Waals surface area contributed by atoms with Crippen molar-refractivity contribution in [2.24, 2.45) is 11.7 Å². The van der Waals surface area contributed by atoms with Gasteiger partial charge in [0.05, 0.1) is 18.3 Å². The van der Waals surface area contributed by atoms with Crippen LogP contribution in [0.2, 0.25) is 0 Å². The van der Waals surface area contributed by atoms with Gasteiger partial charge in [-0.15, -0.1) is 0 Å². The van der Waals surface area contributed by atoms with E-state index in [1.165, 1.54) is 0 Å². The van der Waals surface area contributed by atoms with Gasteiger partial charge in [0.2, 0.25) is 0 Å². The third-order valence-electron chi connectivity index (χ3n) is 4.89. The minimum absolute atomic E-state index is 0.182. The molecule has 1 heterocycles. The summed E-state index contributed by atoms with van der Waals surface area (Å²) in [7, 11) is 1.55. The summed E-state index contributed by atoms with van der Waals surface area (Å²) in [5, 5.41) is 5.82. The molecule has 1 aliphatic heterocycles. The van der Waals surface area contributed by atoms with E-state index in [0.29, 0.717) is 42.6 Å². The Morgan fingerprint density at radius 1 is 1.50 bits per heavy atom. The van der Waals surface area contributed by atoms with Crippen molar-refractivity contribution in [2.45, 2.75) is 25.3 Å². The van der Waals surface area contributed by atoms with Crippen LogP contribution in [0.15, 0.2) is 18.2 Å². The third kappa shape index (κ3) is 3.03. The van der Waals surface area contributed by atoms with Crippen LogP contribution in [0.5, 0.6) is 5.75 Å². The molecule has 1 aromatic rings. The summed E-state index contributed by atoms with van der Waals surface area (Å²) in [4.78, 5) is 26.2. The monoisotopic (exact) mass is 332 g/mol. The van der Waals surface area contributed by atoms with E-state index in [1.807, 2.05) is 6.92 Å². The molecule has 2 fully saturated rings. The number of anilines is 1. The molecule has 1 atom stereocenters. The number of benzene rings is 1. The Labute approximate surface area is 141 Å². The maximum atomic E-state index is 12.7. The van der Waals surface area contributed by atoms with Gasteiger partial charge in [-0.2, -0.15) is 0 Å². The maximum Gasteiger partial charge on any atom is 0.322 e. The van der Waals surface area contributed by atoms with Crippen LogP contribution in [0.3, 0.4) is 0 Å². The highest BCUT2D eigenvalue weighted by atomic mass is 16.5. The van der Waals surface area contributed by atoms with E-state index in [2.05, 4.69) is 10.6 Å². The van der Waals surface area contributed by atoms with Gasteiger partial charge in [0.15, 0.2) is 0 Å². The van der Waals surface area contributed by atoms with E-state index in [4.69, 9.17) is 10.5 Å². The number of hydrogen-bond acceptors (Lipinski definition) is 4. The second-order valence-electron chi connectivity index (χ2n) is 6.62. The summed E-state index contributed by atoms with van der Waals surface area (Å²) >= 11 is 0. The number of urea groups is 1. The molecule has 4 N–H and O–H groups in total. The first-order chi connectivity index (χ1) is 11.5. The summed E-state index contributed by atoms with van der Waals surface area (Å²) in [5.41, 5.74) is 6.57. The van der Waals surface area contributed by atoms with E-state index in [0.717, 1.165) is 12.8 Å². The van der Waals surface area contributed by atoms with Crippen LogP contribution in [0.1, 0.15) is 30.1 Å². The van der Waals surface area contributed by atoms with Gasteiger partial charge in [0.25, 0.3) is 5.91 Å². The highest BCUT2D eigenvalue weighted by molar-refractivity contribution is 6.00.